The Balaban J connectivity index is 1.48. The smallest absolute Gasteiger partial charge is 0.267 e. The largest absolute Gasteiger partial charge is 0.497 e. The number of carbonyl (C=O) groups excluding carboxylic acids is 1. The van der Waals surface area contributed by atoms with Gasteiger partial charge in [-0.25, -0.2) is 4.98 Å². The first-order valence-corrected chi connectivity index (χ1v) is 12.9. The lowest BCUT2D eigenvalue weighted by atomic mass is 10.2. The molecule has 0 spiro atoms. The molecule has 2 saturated heterocycles. The normalized spacial score (nSPS) is 19.0. The van der Waals surface area contributed by atoms with Crippen molar-refractivity contribution in [3.05, 3.63) is 74.5 Å². The van der Waals surface area contributed by atoms with E-state index in [1.165, 1.54) is 16.2 Å². The molecule has 2 aliphatic rings. The third-order valence-corrected chi connectivity index (χ3v) is 7.55. The quantitative estimate of drug-likeness (QED) is 0.368. The van der Waals surface area contributed by atoms with Crippen molar-refractivity contribution in [2.45, 2.75) is 32.4 Å². The number of pyridine rings is 1. The number of nitrogens with zero attached hydrogens (tertiary/aromatic N) is 3. The van der Waals surface area contributed by atoms with Crippen LogP contribution in [0.5, 0.6) is 5.75 Å². The summed E-state index contributed by atoms with van der Waals surface area (Å²) in [7, 11) is 1.61. The molecule has 0 aliphatic carbocycles. The number of rotatable bonds is 7. The lowest BCUT2D eigenvalue weighted by Crippen LogP contribution is -2.27. The highest BCUT2D eigenvalue weighted by atomic mass is 32.2. The zero-order chi connectivity index (χ0) is 25.2. The average Bonchev–Trinajstić information content (AvgIpc) is 3.49. The first kappa shape index (κ1) is 24.5. The van der Waals surface area contributed by atoms with Crippen LogP contribution in [-0.4, -0.2) is 50.9 Å². The van der Waals surface area contributed by atoms with Crippen molar-refractivity contribution in [1.82, 2.24) is 14.3 Å². The summed E-state index contributed by atoms with van der Waals surface area (Å²) in [5.41, 5.74) is 2.46. The Morgan fingerprint density at radius 1 is 1.25 bits per heavy atom. The molecule has 2 fully saturated rings. The summed E-state index contributed by atoms with van der Waals surface area (Å²) >= 11 is 6.70. The Labute approximate surface area is 218 Å². The second-order valence-electron chi connectivity index (χ2n) is 8.75. The fourth-order valence-electron chi connectivity index (χ4n) is 4.22. The van der Waals surface area contributed by atoms with E-state index in [-0.39, 0.29) is 17.6 Å². The van der Waals surface area contributed by atoms with E-state index in [4.69, 9.17) is 26.7 Å². The lowest BCUT2D eigenvalue weighted by Gasteiger charge is -2.15. The van der Waals surface area contributed by atoms with Crippen LogP contribution in [0.2, 0.25) is 0 Å². The fourth-order valence-corrected chi connectivity index (χ4v) is 5.46. The Hall–Kier alpha value is -3.21. The lowest BCUT2D eigenvalue weighted by molar-refractivity contribution is -0.122. The van der Waals surface area contributed by atoms with Crippen LogP contribution >= 0.6 is 24.0 Å². The maximum atomic E-state index is 13.5. The highest BCUT2D eigenvalue weighted by molar-refractivity contribution is 8.26. The van der Waals surface area contributed by atoms with Gasteiger partial charge in [0.05, 0.1) is 30.2 Å². The number of aromatic nitrogens is 2. The molecule has 0 bridgehead atoms. The molecule has 1 aromatic carbocycles. The van der Waals surface area contributed by atoms with Gasteiger partial charge in [-0.05, 0) is 55.2 Å². The zero-order valence-electron chi connectivity index (χ0n) is 20.0. The Morgan fingerprint density at radius 3 is 2.78 bits per heavy atom. The summed E-state index contributed by atoms with van der Waals surface area (Å²) in [4.78, 5) is 33.5. The van der Waals surface area contributed by atoms with Gasteiger partial charge in [0.25, 0.3) is 11.5 Å². The van der Waals surface area contributed by atoms with E-state index in [0.29, 0.717) is 39.3 Å². The van der Waals surface area contributed by atoms with Gasteiger partial charge in [0.15, 0.2) is 0 Å². The summed E-state index contributed by atoms with van der Waals surface area (Å²) < 4.78 is 12.9. The number of thiocarbonyl (C=S) groups is 1. The molecule has 0 radical (unpaired) electrons. The second kappa shape index (κ2) is 10.4. The highest BCUT2D eigenvalue weighted by Crippen LogP contribution is 2.34. The average molecular weight is 523 g/mol. The molecule has 4 heterocycles. The molecule has 10 heteroatoms. The third-order valence-electron chi connectivity index (χ3n) is 6.18. The van der Waals surface area contributed by atoms with Crippen LogP contribution in [0.25, 0.3) is 11.7 Å². The summed E-state index contributed by atoms with van der Waals surface area (Å²) in [5, 5.41) is 3.29. The van der Waals surface area contributed by atoms with Crippen molar-refractivity contribution >= 4 is 51.7 Å². The molecule has 1 N–H and O–H groups in total. The molecule has 186 valence electrons. The van der Waals surface area contributed by atoms with Crippen LogP contribution in [0.4, 0.5) is 5.82 Å². The molecule has 1 atom stereocenters. The maximum Gasteiger partial charge on any atom is 0.267 e. The molecule has 1 amide bonds. The van der Waals surface area contributed by atoms with Crippen LogP contribution in [0, 0.1) is 6.92 Å². The van der Waals surface area contributed by atoms with E-state index in [9.17, 15) is 9.59 Å². The molecule has 0 unspecified atom stereocenters. The fraction of sp³-hybridized carbons (Fsp3) is 0.308. The van der Waals surface area contributed by atoms with Gasteiger partial charge in [0.2, 0.25) is 0 Å². The molecule has 2 aromatic heterocycles. The topological polar surface area (TPSA) is 85.2 Å². The van der Waals surface area contributed by atoms with Gasteiger partial charge in [-0.1, -0.05) is 42.2 Å². The first-order chi connectivity index (χ1) is 17.4. The second-order valence-corrected chi connectivity index (χ2v) is 10.4. The van der Waals surface area contributed by atoms with E-state index in [0.717, 1.165) is 36.3 Å². The van der Waals surface area contributed by atoms with Gasteiger partial charge in [-0.3, -0.25) is 18.9 Å². The Bertz CT molecular complexity index is 1410. The molecule has 3 aromatic rings. The number of benzene rings is 1. The number of thioether (sulfide) groups is 1. The van der Waals surface area contributed by atoms with Crippen molar-refractivity contribution in [1.29, 1.82) is 0 Å². The van der Waals surface area contributed by atoms with Crippen LogP contribution < -0.4 is 15.6 Å². The maximum absolute atomic E-state index is 13.5. The number of nitrogens with one attached hydrogen (secondary N) is 1. The SMILES string of the molecule is COc1ccc(CN2C(=O)/C(=C/c3c(NC[C@@H]4CCCO4)nc4ccc(C)cn4c3=O)SC2=S)cc1. The van der Waals surface area contributed by atoms with E-state index in [1.807, 2.05) is 43.3 Å². The predicted molar refractivity (Wildman–Crippen MR) is 145 cm³/mol. The minimum Gasteiger partial charge on any atom is -0.497 e. The molecule has 36 heavy (non-hydrogen) atoms. The van der Waals surface area contributed by atoms with Gasteiger partial charge in [0.1, 0.15) is 21.5 Å². The first-order valence-electron chi connectivity index (χ1n) is 11.7. The van der Waals surface area contributed by atoms with E-state index >= 15 is 0 Å². The van der Waals surface area contributed by atoms with Crippen LogP contribution in [0.15, 0.2) is 52.3 Å². The van der Waals surface area contributed by atoms with Crippen LogP contribution in [0.3, 0.4) is 0 Å². The van der Waals surface area contributed by atoms with Crippen molar-refractivity contribution in [3.8, 4) is 5.75 Å². The number of aryl methyl sites for hydroxylation is 1. The molecule has 8 nitrogen and oxygen atoms in total. The van der Waals surface area contributed by atoms with Crippen molar-refractivity contribution in [3.63, 3.8) is 0 Å². The van der Waals surface area contributed by atoms with Crippen LogP contribution in [-0.2, 0) is 16.1 Å². The summed E-state index contributed by atoms with van der Waals surface area (Å²) in [5.74, 6) is 0.936. The summed E-state index contributed by atoms with van der Waals surface area (Å²) in [6, 6.07) is 11.2. The number of amides is 1. The van der Waals surface area contributed by atoms with E-state index in [2.05, 4.69) is 5.32 Å². The van der Waals surface area contributed by atoms with E-state index < -0.39 is 0 Å². The highest BCUT2D eigenvalue weighted by Gasteiger charge is 2.33. The molecule has 0 saturated carbocycles. The van der Waals surface area contributed by atoms with Gasteiger partial charge in [-0.2, -0.15) is 0 Å². The number of carbonyl (C=O) groups is 1. The monoisotopic (exact) mass is 522 g/mol. The number of methoxy groups -OCH3 is 1. The van der Waals surface area contributed by atoms with Gasteiger partial charge in [0, 0.05) is 19.3 Å². The van der Waals surface area contributed by atoms with Crippen LogP contribution in [0.1, 0.15) is 29.5 Å². The van der Waals surface area contributed by atoms with Gasteiger partial charge >= 0.3 is 0 Å². The summed E-state index contributed by atoms with van der Waals surface area (Å²) in [6.07, 6.45) is 5.40. The van der Waals surface area contributed by atoms with E-state index in [1.54, 1.807) is 24.3 Å². The summed E-state index contributed by atoms with van der Waals surface area (Å²) in [6.45, 7) is 3.53. The minimum absolute atomic E-state index is 0.0684. The molecular weight excluding hydrogens is 496 g/mol. The van der Waals surface area contributed by atoms with Crippen molar-refractivity contribution < 1.29 is 14.3 Å². The third kappa shape index (κ3) is 5.02. The number of fused-ring (bicyclic) bond motifs is 1. The Morgan fingerprint density at radius 2 is 2.06 bits per heavy atom. The number of hydrogen-bond donors (Lipinski definition) is 1. The minimum atomic E-state index is -0.251. The molecule has 2 aliphatic heterocycles. The standard InChI is InChI=1S/C26H26N4O4S2/c1-16-5-10-22-28-23(27-13-19-4-3-11-34-19)20(24(31)29(22)14-16)12-21-25(32)30(26(35)36-21)15-17-6-8-18(33-2)9-7-17/h5-10,12,14,19,27H,3-4,11,13,15H2,1-2H3/b21-12-/t19-/m0/s1. The Kier molecular flexibility index (Phi) is 7.08. The number of hydrogen-bond acceptors (Lipinski definition) is 8. The predicted octanol–water partition coefficient (Wildman–Crippen LogP) is 4.00. The zero-order valence-corrected chi connectivity index (χ0v) is 21.7. The van der Waals surface area contributed by atoms with Crippen molar-refractivity contribution in [2.24, 2.45) is 0 Å². The van der Waals surface area contributed by atoms with Gasteiger partial charge in [-0.15, -0.1) is 0 Å². The number of ether oxygens (including phenoxy) is 2. The number of anilines is 1. The van der Waals surface area contributed by atoms with Gasteiger partial charge < -0.3 is 14.8 Å². The molecule has 5 rings (SSSR count). The van der Waals surface area contributed by atoms with Crippen molar-refractivity contribution in [2.75, 3.05) is 25.6 Å². The molecular formula is C26H26N4O4S2.